The van der Waals surface area contributed by atoms with E-state index in [1.165, 1.54) is 10.7 Å². The number of nitrogens with zero attached hydrogens (tertiary/aromatic N) is 2. The molecule has 25 heavy (non-hydrogen) atoms. The maximum absolute atomic E-state index is 11.4. The monoisotopic (exact) mass is 343 g/mol. The fraction of sp³-hybridized carbons (Fsp3) is 0.421. The van der Waals surface area contributed by atoms with Gasteiger partial charge < -0.3 is 15.3 Å². The van der Waals surface area contributed by atoms with Gasteiger partial charge in [-0.15, -0.1) is 0 Å². The first kappa shape index (κ1) is 18.9. The number of benzene rings is 1. The first-order valence-corrected chi connectivity index (χ1v) is 8.51. The van der Waals surface area contributed by atoms with Gasteiger partial charge in [0.05, 0.1) is 18.9 Å². The third-order valence-electron chi connectivity index (χ3n) is 4.18. The summed E-state index contributed by atoms with van der Waals surface area (Å²) in [5, 5.41) is 21.3. The van der Waals surface area contributed by atoms with Crippen LogP contribution in [0, 0.1) is 11.3 Å². The van der Waals surface area contributed by atoms with E-state index in [0.29, 0.717) is 18.7 Å². The molecule has 1 atom stereocenters. The number of rotatable bonds is 9. The predicted octanol–water partition coefficient (Wildman–Crippen LogP) is 2.64. The zero-order valence-electron chi connectivity index (χ0n) is 14.7. The molecule has 1 aromatic heterocycles. The van der Waals surface area contributed by atoms with E-state index in [1.807, 2.05) is 31.2 Å². The molecule has 0 fully saturated rings. The van der Waals surface area contributed by atoms with E-state index in [1.54, 1.807) is 13.1 Å². The van der Waals surface area contributed by atoms with Gasteiger partial charge in [-0.3, -0.25) is 4.79 Å². The molecule has 0 bridgehead atoms. The molecule has 1 heterocycles. The minimum absolute atomic E-state index is 0.0337. The first-order valence-electron chi connectivity index (χ1n) is 8.51. The van der Waals surface area contributed by atoms with Gasteiger partial charge in [0.15, 0.2) is 0 Å². The van der Waals surface area contributed by atoms with Gasteiger partial charge in [-0.25, -0.2) is 4.68 Å². The normalized spacial score (nSPS) is 12.0. The first-order chi connectivity index (χ1) is 12.0. The fourth-order valence-electron chi connectivity index (χ4n) is 2.52. The van der Waals surface area contributed by atoms with Crippen molar-refractivity contribution < 1.29 is 9.84 Å². The predicted molar refractivity (Wildman–Crippen MR) is 98.2 cm³/mol. The second-order valence-electron chi connectivity index (χ2n) is 5.97. The highest BCUT2D eigenvalue weighted by atomic mass is 16.5. The molecule has 0 aliphatic heterocycles. The summed E-state index contributed by atoms with van der Waals surface area (Å²) in [5.74, 6) is 0.725. The Morgan fingerprint density at radius 1 is 1.28 bits per heavy atom. The quantitative estimate of drug-likeness (QED) is 0.541. The highest BCUT2D eigenvalue weighted by molar-refractivity contribution is 5.83. The molecule has 1 aromatic carbocycles. The molecule has 0 saturated carbocycles. The van der Waals surface area contributed by atoms with Crippen molar-refractivity contribution in [3.8, 4) is 17.0 Å². The minimum atomic E-state index is -0.138. The van der Waals surface area contributed by atoms with Crippen LogP contribution in [0.3, 0.4) is 0 Å². The van der Waals surface area contributed by atoms with Crippen molar-refractivity contribution >= 4 is 5.71 Å². The number of aryl methyl sites for hydroxylation is 1. The Balaban J connectivity index is 1.85. The number of aliphatic hydroxyl groups excluding tert-OH is 1. The standard InChI is InChI=1S/C19H25N3O3/c1-3-14(13-23)17(20)5-4-12-25-16-8-6-15(7-9-16)18-10-11-19(24)22(2)21-18/h6-11,14,20,23H,3-5,12-13H2,1-2H3/t14-/m0/s1. The lowest BCUT2D eigenvalue weighted by Gasteiger charge is -2.13. The van der Waals surface area contributed by atoms with Gasteiger partial charge in [-0.05, 0) is 49.6 Å². The van der Waals surface area contributed by atoms with Crippen molar-refractivity contribution in [1.29, 1.82) is 5.41 Å². The molecule has 134 valence electrons. The smallest absolute Gasteiger partial charge is 0.266 e. The molecule has 2 N–H and O–H groups in total. The molecule has 0 saturated heterocycles. The SMILES string of the molecule is CC[C@@H](CO)C(=N)CCCOc1ccc(-c2ccc(=O)n(C)n2)cc1. The fourth-order valence-corrected chi connectivity index (χ4v) is 2.52. The van der Waals surface area contributed by atoms with Crippen LogP contribution in [0.15, 0.2) is 41.2 Å². The number of hydrogen-bond donors (Lipinski definition) is 2. The van der Waals surface area contributed by atoms with Gasteiger partial charge in [-0.2, -0.15) is 5.10 Å². The number of nitrogens with one attached hydrogen (secondary N) is 1. The lowest BCUT2D eigenvalue weighted by Crippen LogP contribution is -2.18. The van der Waals surface area contributed by atoms with Gasteiger partial charge in [-0.1, -0.05) is 6.92 Å². The van der Waals surface area contributed by atoms with Crippen LogP contribution in [0.5, 0.6) is 5.75 Å². The van der Waals surface area contributed by atoms with E-state index in [2.05, 4.69) is 5.10 Å². The van der Waals surface area contributed by atoms with Crippen molar-refractivity contribution in [3.05, 3.63) is 46.8 Å². The van der Waals surface area contributed by atoms with E-state index in [-0.39, 0.29) is 18.1 Å². The summed E-state index contributed by atoms with van der Waals surface area (Å²) in [4.78, 5) is 11.4. The molecular formula is C19H25N3O3. The van der Waals surface area contributed by atoms with Crippen molar-refractivity contribution in [3.63, 3.8) is 0 Å². The average molecular weight is 343 g/mol. The molecule has 2 rings (SSSR count). The van der Waals surface area contributed by atoms with Crippen LogP contribution in [0.25, 0.3) is 11.3 Å². The topological polar surface area (TPSA) is 88.2 Å². The summed E-state index contributed by atoms with van der Waals surface area (Å²) in [5.41, 5.74) is 2.10. The third kappa shape index (κ3) is 5.26. The van der Waals surface area contributed by atoms with Gasteiger partial charge in [0.2, 0.25) is 0 Å². The van der Waals surface area contributed by atoms with E-state index in [9.17, 15) is 9.90 Å². The summed E-state index contributed by atoms with van der Waals surface area (Å²) in [6.07, 6.45) is 2.18. The Morgan fingerprint density at radius 3 is 2.60 bits per heavy atom. The largest absolute Gasteiger partial charge is 0.494 e. The molecule has 0 amide bonds. The maximum atomic E-state index is 11.4. The van der Waals surface area contributed by atoms with E-state index in [4.69, 9.17) is 10.1 Å². The maximum Gasteiger partial charge on any atom is 0.266 e. The summed E-state index contributed by atoms with van der Waals surface area (Å²) < 4.78 is 7.01. The summed E-state index contributed by atoms with van der Waals surface area (Å²) >= 11 is 0. The lowest BCUT2D eigenvalue weighted by molar-refractivity contribution is 0.255. The van der Waals surface area contributed by atoms with Crippen LogP contribution in [0.2, 0.25) is 0 Å². The zero-order valence-corrected chi connectivity index (χ0v) is 14.7. The van der Waals surface area contributed by atoms with Gasteiger partial charge >= 0.3 is 0 Å². The summed E-state index contributed by atoms with van der Waals surface area (Å²) in [6, 6.07) is 10.8. The van der Waals surface area contributed by atoms with Crippen LogP contribution < -0.4 is 10.3 Å². The Bertz CT molecular complexity index is 749. The number of ether oxygens (including phenoxy) is 1. The Morgan fingerprint density at radius 2 is 2.00 bits per heavy atom. The van der Waals surface area contributed by atoms with Crippen LogP contribution in [0.4, 0.5) is 0 Å². The van der Waals surface area contributed by atoms with Crippen LogP contribution in [0.1, 0.15) is 26.2 Å². The van der Waals surface area contributed by atoms with E-state index >= 15 is 0 Å². The van der Waals surface area contributed by atoms with Gasteiger partial charge in [0, 0.05) is 30.3 Å². The molecule has 6 heteroatoms. The molecule has 0 unspecified atom stereocenters. The Hall–Kier alpha value is -2.47. The molecule has 0 aliphatic rings. The van der Waals surface area contributed by atoms with E-state index < -0.39 is 0 Å². The molecule has 0 aliphatic carbocycles. The van der Waals surface area contributed by atoms with Gasteiger partial charge in [0.1, 0.15) is 5.75 Å². The third-order valence-corrected chi connectivity index (χ3v) is 4.18. The van der Waals surface area contributed by atoms with Crippen LogP contribution >= 0.6 is 0 Å². The Labute approximate surface area is 147 Å². The second kappa shape index (κ2) is 9.13. The van der Waals surface area contributed by atoms with Crippen molar-refractivity contribution in [2.24, 2.45) is 13.0 Å². The molecule has 2 aromatic rings. The highest BCUT2D eigenvalue weighted by Crippen LogP contribution is 2.20. The zero-order chi connectivity index (χ0) is 18.2. The number of aromatic nitrogens is 2. The number of hydrogen-bond acceptors (Lipinski definition) is 5. The van der Waals surface area contributed by atoms with Crippen molar-refractivity contribution in [2.75, 3.05) is 13.2 Å². The van der Waals surface area contributed by atoms with Crippen LogP contribution in [-0.4, -0.2) is 33.8 Å². The minimum Gasteiger partial charge on any atom is -0.494 e. The van der Waals surface area contributed by atoms with Crippen LogP contribution in [-0.2, 0) is 7.05 Å². The number of aliphatic hydroxyl groups is 1. The van der Waals surface area contributed by atoms with E-state index in [0.717, 1.165) is 29.8 Å². The highest BCUT2D eigenvalue weighted by Gasteiger charge is 2.10. The second-order valence-corrected chi connectivity index (χ2v) is 5.97. The molecule has 0 spiro atoms. The molecule has 6 nitrogen and oxygen atoms in total. The summed E-state index contributed by atoms with van der Waals surface area (Å²) in [7, 11) is 1.63. The lowest BCUT2D eigenvalue weighted by atomic mass is 9.98. The Kier molecular flexibility index (Phi) is 6.89. The van der Waals surface area contributed by atoms with Crippen molar-refractivity contribution in [1.82, 2.24) is 9.78 Å². The van der Waals surface area contributed by atoms with Crippen molar-refractivity contribution in [2.45, 2.75) is 26.2 Å². The van der Waals surface area contributed by atoms with Gasteiger partial charge in [0.25, 0.3) is 5.56 Å². The molecular weight excluding hydrogens is 318 g/mol. The molecule has 0 radical (unpaired) electrons. The average Bonchev–Trinajstić information content (AvgIpc) is 2.62. The summed E-state index contributed by atoms with van der Waals surface area (Å²) in [6.45, 7) is 2.55.